The monoisotopic (exact) mass is 411 g/mol. The van der Waals surface area contributed by atoms with Gasteiger partial charge in [-0.2, -0.15) is 4.31 Å². The first-order valence-electron chi connectivity index (χ1n) is 5.51. The van der Waals surface area contributed by atoms with Crippen LogP contribution in [0.2, 0.25) is 0 Å². The highest BCUT2D eigenvalue weighted by Crippen LogP contribution is 2.34. The third kappa shape index (κ3) is 3.36. The van der Waals surface area contributed by atoms with E-state index in [2.05, 4.69) is 31.9 Å². The first-order valence-corrected chi connectivity index (χ1v) is 8.53. The lowest BCUT2D eigenvalue weighted by atomic mass is 10.4. The predicted octanol–water partition coefficient (Wildman–Crippen LogP) is 2.45. The maximum atomic E-state index is 12.5. The van der Waals surface area contributed by atoms with Gasteiger partial charge in [0.25, 0.3) is 0 Å². The molecule has 1 saturated carbocycles. The van der Waals surface area contributed by atoms with E-state index in [1.54, 1.807) is 12.1 Å². The summed E-state index contributed by atoms with van der Waals surface area (Å²) in [7, 11) is -3.80. The number of sulfonamides is 1. The summed E-state index contributed by atoms with van der Waals surface area (Å²) in [6, 6.07) is 4.50. The SMILES string of the molecule is O=C(O)CN(C1CC1)S(=O)(=O)c1ccc(Br)cc1Br. The average molecular weight is 413 g/mol. The fourth-order valence-electron chi connectivity index (χ4n) is 1.72. The van der Waals surface area contributed by atoms with E-state index in [0.717, 1.165) is 8.78 Å². The molecule has 0 amide bonds. The molecule has 8 heteroatoms. The fourth-order valence-corrected chi connectivity index (χ4v) is 5.06. The minimum atomic E-state index is -3.80. The third-order valence-electron chi connectivity index (χ3n) is 2.73. The molecule has 0 saturated heterocycles. The lowest BCUT2D eigenvalue weighted by Gasteiger charge is -2.20. The standard InChI is InChI=1S/C11H11Br2NO4S/c12-7-1-4-10(9(13)5-7)19(17,18)14(6-11(15)16)8-2-3-8/h1,4-5,8H,2-3,6H2,(H,15,16). The van der Waals surface area contributed by atoms with Crippen LogP contribution in [0, 0.1) is 0 Å². The average Bonchev–Trinajstić information content (AvgIpc) is 3.08. The number of hydrogen-bond acceptors (Lipinski definition) is 3. The van der Waals surface area contributed by atoms with Gasteiger partial charge in [-0.15, -0.1) is 0 Å². The molecule has 0 radical (unpaired) electrons. The topological polar surface area (TPSA) is 74.7 Å². The van der Waals surface area contributed by atoms with Crippen molar-refractivity contribution in [2.75, 3.05) is 6.54 Å². The van der Waals surface area contributed by atoms with E-state index in [4.69, 9.17) is 5.11 Å². The van der Waals surface area contributed by atoms with Crippen LogP contribution in [0.15, 0.2) is 32.0 Å². The molecule has 2 rings (SSSR count). The zero-order valence-electron chi connectivity index (χ0n) is 9.71. The van der Waals surface area contributed by atoms with E-state index in [1.165, 1.54) is 6.07 Å². The summed E-state index contributed by atoms with van der Waals surface area (Å²) in [5, 5.41) is 8.86. The van der Waals surface area contributed by atoms with Gasteiger partial charge >= 0.3 is 5.97 Å². The van der Waals surface area contributed by atoms with Gasteiger partial charge in [0.15, 0.2) is 0 Å². The van der Waals surface area contributed by atoms with Crippen molar-refractivity contribution in [3.05, 3.63) is 27.1 Å². The van der Waals surface area contributed by atoms with E-state index in [9.17, 15) is 13.2 Å². The van der Waals surface area contributed by atoms with Crippen LogP contribution in [0.5, 0.6) is 0 Å². The summed E-state index contributed by atoms with van der Waals surface area (Å²) in [6.45, 7) is -0.504. The number of aliphatic carboxylic acids is 1. The summed E-state index contributed by atoms with van der Waals surface area (Å²) in [5.74, 6) is -1.15. The third-order valence-corrected chi connectivity index (χ3v) is 6.09. The Morgan fingerprint density at radius 2 is 2.00 bits per heavy atom. The molecule has 1 aromatic rings. The number of rotatable bonds is 5. The normalized spacial score (nSPS) is 15.7. The van der Waals surface area contributed by atoms with Crippen LogP contribution in [0.1, 0.15) is 12.8 Å². The van der Waals surface area contributed by atoms with Crippen molar-refractivity contribution in [1.29, 1.82) is 0 Å². The second-order valence-electron chi connectivity index (χ2n) is 4.25. The Morgan fingerprint density at radius 3 is 2.47 bits per heavy atom. The highest BCUT2D eigenvalue weighted by atomic mass is 79.9. The van der Waals surface area contributed by atoms with Gasteiger partial charge in [-0.3, -0.25) is 4.79 Å². The molecular formula is C11H11Br2NO4S. The molecule has 0 heterocycles. The van der Waals surface area contributed by atoms with Crippen LogP contribution in [0.25, 0.3) is 0 Å². The van der Waals surface area contributed by atoms with Crippen molar-refractivity contribution in [1.82, 2.24) is 4.31 Å². The highest BCUT2D eigenvalue weighted by Gasteiger charge is 2.39. The maximum absolute atomic E-state index is 12.5. The van der Waals surface area contributed by atoms with Gasteiger partial charge in [-0.05, 0) is 47.0 Å². The van der Waals surface area contributed by atoms with E-state index in [1.807, 2.05) is 0 Å². The van der Waals surface area contributed by atoms with Gasteiger partial charge < -0.3 is 5.11 Å². The highest BCUT2D eigenvalue weighted by molar-refractivity contribution is 9.11. The molecule has 0 unspecified atom stereocenters. The Labute approximate surface area is 127 Å². The fraction of sp³-hybridized carbons (Fsp3) is 0.364. The van der Waals surface area contributed by atoms with Crippen molar-refractivity contribution < 1.29 is 18.3 Å². The Morgan fingerprint density at radius 1 is 1.37 bits per heavy atom. The van der Waals surface area contributed by atoms with Gasteiger partial charge in [0.05, 0.1) is 4.90 Å². The Hall–Kier alpha value is -0.440. The van der Waals surface area contributed by atoms with Crippen molar-refractivity contribution in [2.45, 2.75) is 23.8 Å². The Balaban J connectivity index is 2.41. The first kappa shape index (κ1) is 15.0. The number of benzene rings is 1. The van der Waals surface area contributed by atoms with Crippen LogP contribution in [-0.4, -0.2) is 36.4 Å². The number of nitrogens with zero attached hydrogens (tertiary/aromatic N) is 1. The largest absolute Gasteiger partial charge is 0.480 e. The van der Waals surface area contributed by atoms with E-state index in [-0.39, 0.29) is 10.9 Å². The number of carbonyl (C=O) groups is 1. The lowest BCUT2D eigenvalue weighted by Crippen LogP contribution is -2.37. The van der Waals surface area contributed by atoms with E-state index >= 15 is 0 Å². The molecule has 19 heavy (non-hydrogen) atoms. The smallest absolute Gasteiger partial charge is 0.318 e. The summed E-state index contributed by atoms with van der Waals surface area (Å²) < 4.78 is 27.2. The second kappa shape index (κ2) is 5.51. The molecule has 0 aliphatic heterocycles. The van der Waals surface area contributed by atoms with Crippen molar-refractivity contribution in [2.24, 2.45) is 0 Å². The van der Waals surface area contributed by atoms with Crippen LogP contribution in [-0.2, 0) is 14.8 Å². The molecular weight excluding hydrogens is 402 g/mol. The first-order chi connectivity index (χ1) is 8.82. The summed E-state index contributed by atoms with van der Waals surface area (Å²) in [6.07, 6.45) is 1.42. The van der Waals surface area contributed by atoms with Gasteiger partial charge in [-0.25, -0.2) is 8.42 Å². The molecule has 0 bridgehead atoms. The number of halogens is 2. The quantitative estimate of drug-likeness (QED) is 0.805. The van der Waals surface area contributed by atoms with Crippen molar-refractivity contribution in [3.63, 3.8) is 0 Å². The summed E-state index contributed by atoms with van der Waals surface area (Å²) in [5.41, 5.74) is 0. The number of hydrogen-bond donors (Lipinski definition) is 1. The predicted molar refractivity (Wildman–Crippen MR) is 76.4 cm³/mol. The molecule has 104 valence electrons. The Bertz CT molecular complexity index is 613. The van der Waals surface area contributed by atoms with Crippen LogP contribution >= 0.6 is 31.9 Å². The van der Waals surface area contributed by atoms with E-state index < -0.39 is 22.5 Å². The molecule has 1 N–H and O–H groups in total. The molecule has 1 aromatic carbocycles. The number of carboxylic acids is 1. The van der Waals surface area contributed by atoms with Crippen LogP contribution in [0.3, 0.4) is 0 Å². The summed E-state index contributed by atoms with van der Waals surface area (Å²) >= 11 is 6.45. The van der Waals surface area contributed by atoms with Gasteiger partial charge in [-0.1, -0.05) is 15.9 Å². The van der Waals surface area contributed by atoms with Crippen molar-refractivity contribution in [3.8, 4) is 0 Å². The van der Waals surface area contributed by atoms with Crippen molar-refractivity contribution >= 4 is 47.9 Å². The minimum absolute atomic E-state index is 0.0869. The second-order valence-corrected chi connectivity index (χ2v) is 7.88. The van der Waals surface area contributed by atoms with Crippen LogP contribution in [0.4, 0.5) is 0 Å². The molecule has 1 aliphatic rings. The van der Waals surface area contributed by atoms with E-state index in [0.29, 0.717) is 17.3 Å². The zero-order chi connectivity index (χ0) is 14.2. The minimum Gasteiger partial charge on any atom is -0.480 e. The lowest BCUT2D eigenvalue weighted by molar-refractivity contribution is -0.137. The molecule has 0 spiro atoms. The summed E-state index contributed by atoms with van der Waals surface area (Å²) in [4.78, 5) is 10.9. The zero-order valence-corrected chi connectivity index (χ0v) is 13.7. The molecule has 0 aromatic heterocycles. The molecule has 0 atom stereocenters. The molecule has 1 fully saturated rings. The molecule has 1 aliphatic carbocycles. The van der Waals surface area contributed by atoms with Crippen LogP contribution < -0.4 is 0 Å². The van der Waals surface area contributed by atoms with Gasteiger partial charge in [0, 0.05) is 15.0 Å². The van der Waals surface area contributed by atoms with Gasteiger partial charge in [0.1, 0.15) is 6.54 Å². The number of carboxylic acid groups (broad SMARTS) is 1. The maximum Gasteiger partial charge on any atom is 0.318 e. The molecule has 5 nitrogen and oxygen atoms in total. The van der Waals surface area contributed by atoms with Gasteiger partial charge in [0.2, 0.25) is 10.0 Å². The Kier molecular flexibility index (Phi) is 4.34.